The van der Waals surface area contributed by atoms with E-state index in [0.717, 1.165) is 42.2 Å². The molecule has 1 aliphatic heterocycles. The molecule has 3 heteroatoms. The zero-order valence-electron chi connectivity index (χ0n) is 16.8. The third kappa shape index (κ3) is 2.38. The molecule has 1 heterocycles. The van der Waals surface area contributed by atoms with Gasteiger partial charge in [0.1, 0.15) is 0 Å². The first-order valence-electron chi connectivity index (χ1n) is 11.2. The molecule has 5 rings (SSSR count). The molecule has 0 aromatic heterocycles. The summed E-state index contributed by atoms with van der Waals surface area (Å²) >= 11 is 0. The van der Waals surface area contributed by atoms with Crippen LogP contribution in [0.5, 0.6) is 0 Å². The number of carbonyl (C=O) groups is 1. The van der Waals surface area contributed by atoms with Crippen LogP contribution in [0.2, 0.25) is 0 Å². The Morgan fingerprint density at radius 2 is 2.04 bits per heavy atom. The summed E-state index contributed by atoms with van der Waals surface area (Å²) in [7, 11) is 0. The third-order valence-corrected chi connectivity index (χ3v) is 9.29. The van der Waals surface area contributed by atoms with E-state index >= 15 is 0 Å². The minimum absolute atomic E-state index is 0.207. The van der Waals surface area contributed by atoms with E-state index in [4.69, 9.17) is 0 Å². The maximum absolute atomic E-state index is 11.9. The lowest BCUT2D eigenvalue weighted by Gasteiger charge is -2.58. The van der Waals surface area contributed by atoms with Crippen molar-refractivity contribution >= 4 is 5.91 Å². The van der Waals surface area contributed by atoms with Crippen LogP contribution in [0.3, 0.4) is 0 Å². The van der Waals surface area contributed by atoms with Crippen molar-refractivity contribution < 1.29 is 4.79 Å². The molecule has 3 saturated carbocycles. The normalized spacial score (nSPS) is 50.3. The van der Waals surface area contributed by atoms with E-state index in [1.54, 1.807) is 0 Å². The molecule has 1 amide bonds. The van der Waals surface area contributed by atoms with Gasteiger partial charge in [0, 0.05) is 29.6 Å². The van der Waals surface area contributed by atoms with E-state index < -0.39 is 0 Å². The number of nitrogens with one attached hydrogen (secondary N) is 2. The highest BCUT2D eigenvalue weighted by atomic mass is 16.1. The number of amides is 1. The van der Waals surface area contributed by atoms with Crippen LogP contribution < -0.4 is 10.6 Å². The molecule has 0 radical (unpaired) electrons. The standard InChI is InChI=1S/C23H36N2O/c1-4-14-13-19(24-15-5-6-15)23(3)11-9-17-16(21(14)23)7-8-18-22(17,2)12-10-20(26)25-18/h8,14-17,19,21,24H,4-7,9-13H2,1-3H3,(H,25,26)/t14?,16-,17-,19?,21+,22-,23-/m1/s1. The zero-order chi connectivity index (χ0) is 18.1. The van der Waals surface area contributed by atoms with Crippen molar-refractivity contribution in [3.8, 4) is 0 Å². The number of piperidine rings is 1. The molecule has 4 aliphatic carbocycles. The Morgan fingerprint density at radius 1 is 1.23 bits per heavy atom. The fraction of sp³-hybridized carbons (Fsp3) is 0.870. The molecule has 144 valence electrons. The number of allylic oxidation sites excluding steroid dienone is 2. The van der Waals surface area contributed by atoms with Crippen LogP contribution in [0.1, 0.15) is 78.6 Å². The number of fused-ring (bicyclic) bond motifs is 5. The van der Waals surface area contributed by atoms with Gasteiger partial charge in [-0.15, -0.1) is 0 Å². The SMILES string of the molecule is CCC1CC(NC2CC2)[C@@]2(C)CC[C@@H]3[C@@H](CC=C4NC(=O)CC[C@@]43C)[C@H]12. The highest BCUT2D eigenvalue weighted by molar-refractivity contribution is 5.79. The molecular weight excluding hydrogens is 320 g/mol. The van der Waals surface area contributed by atoms with Crippen LogP contribution in [0.4, 0.5) is 0 Å². The summed E-state index contributed by atoms with van der Waals surface area (Å²) in [5.41, 5.74) is 1.94. The van der Waals surface area contributed by atoms with E-state index in [9.17, 15) is 4.79 Å². The molecule has 0 spiro atoms. The van der Waals surface area contributed by atoms with Crippen molar-refractivity contribution in [2.75, 3.05) is 0 Å². The molecular formula is C23H36N2O. The van der Waals surface area contributed by atoms with Crippen molar-refractivity contribution in [1.29, 1.82) is 0 Å². The maximum Gasteiger partial charge on any atom is 0.224 e. The molecule has 1 saturated heterocycles. The first-order valence-corrected chi connectivity index (χ1v) is 11.2. The predicted molar refractivity (Wildman–Crippen MR) is 104 cm³/mol. The van der Waals surface area contributed by atoms with Crippen molar-refractivity contribution in [2.45, 2.75) is 90.6 Å². The lowest BCUT2D eigenvalue weighted by atomic mass is 9.48. The number of hydrogen-bond donors (Lipinski definition) is 2. The van der Waals surface area contributed by atoms with Crippen molar-refractivity contribution in [3.63, 3.8) is 0 Å². The Morgan fingerprint density at radius 3 is 2.77 bits per heavy atom. The van der Waals surface area contributed by atoms with Gasteiger partial charge in [0.05, 0.1) is 0 Å². The van der Waals surface area contributed by atoms with Gasteiger partial charge in [-0.25, -0.2) is 0 Å². The third-order valence-electron chi connectivity index (χ3n) is 9.29. The Hall–Kier alpha value is -0.830. The molecule has 0 bridgehead atoms. The Kier molecular flexibility index (Phi) is 3.88. The number of hydrogen-bond acceptors (Lipinski definition) is 2. The smallest absolute Gasteiger partial charge is 0.224 e. The van der Waals surface area contributed by atoms with Crippen LogP contribution in [-0.2, 0) is 4.79 Å². The van der Waals surface area contributed by atoms with Gasteiger partial charge in [-0.05, 0) is 74.0 Å². The monoisotopic (exact) mass is 356 g/mol. The maximum atomic E-state index is 11.9. The molecule has 0 aromatic rings. The summed E-state index contributed by atoms with van der Waals surface area (Å²) in [6, 6.07) is 1.55. The van der Waals surface area contributed by atoms with Crippen LogP contribution in [0.25, 0.3) is 0 Å². The second-order valence-corrected chi connectivity index (χ2v) is 10.6. The summed E-state index contributed by atoms with van der Waals surface area (Å²) in [6.07, 6.45) is 13.6. The zero-order valence-corrected chi connectivity index (χ0v) is 16.8. The number of rotatable bonds is 3. The molecule has 26 heavy (non-hydrogen) atoms. The van der Waals surface area contributed by atoms with E-state index in [1.165, 1.54) is 50.6 Å². The van der Waals surface area contributed by atoms with Crippen LogP contribution >= 0.6 is 0 Å². The van der Waals surface area contributed by atoms with E-state index in [0.29, 0.717) is 11.8 Å². The van der Waals surface area contributed by atoms with Gasteiger partial charge in [-0.1, -0.05) is 33.3 Å². The van der Waals surface area contributed by atoms with Gasteiger partial charge in [-0.3, -0.25) is 4.79 Å². The molecule has 5 aliphatic rings. The van der Waals surface area contributed by atoms with E-state index in [1.807, 2.05) is 0 Å². The largest absolute Gasteiger partial charge is 0.330 e. The average Bonchev–Trinajstić information content (AvgIpc) is 3.38. The highest BCUT2D eigenvalue weighted by Gasteiger charge is 2.61. The summed E-state index contributed by atoms with van der Waals surface area (Å²) in [5, 5.41) is 7.29. The quantitative estimate of drug-likeness (QED) is 0.787. The van der Waals surface area contributed by atoms with Crippen LogP contribution in [-0.4, -0.2) is 18.0 Å². The topological polar surface area (TPSA) is 41.1 Å². The molecule has 3 nitrogen and oxygen atoms in total. The lowest BCUT2D eigenvalue weighted by molar-refractivity contribution is -0.125. The Balaban J connectivity index is 1.47. The fourth-order valence-electron chi connectivity index (χ4n) is 7.70. The van der Waals surface area contributed by atoms with Gasteiger partial charge in [0.2, 0.25) is 5.91 Å². The molecule has 4 fully saturated rings. The van der Waals surface area contributed by atoms with Crippen molar-refractivity contribution in [1.82, 2.24) is 10.6 Å². The molecule has 0 aromatic carbocycles. The lowest BCUT2D eigenvalue weighted by Crippen LogP contribution is -2.55. The average molecular weight is 357 g/mol. The minimum atomic E-state index is 0.207. The first kappa shape index (κ1) is 17.3. The van der Waals surface area contributed by atoms with Gasteiger partial charge >= 0.3 is 0 Å². The van der Waals surface area contributed by atoms with E-state index in [-0.39, 0.29) is 11.3 Å². The van der Waals surface area contributed by atoms with Gasteiger partial charge in [0.15, 0.2) is 0 Å². The summed E-state index contributed by atoms with van der Waals surface area (Å²) in [6.45, 7) is 7.49. The predicted octanol–water partition coefficient (Wildman–Crippen LogP) is 4.39. The second kappa shape index (κ2) is 5.83. The Labute approximate surface area is 158 Å². The van der Waals surface area contributed by atoms with Crippen molar-refractivity contribution in [2.24, 2.45) is 34.5 Å². The van der Waals surface area contributed by atoms with Gasteiger partial charge < -0.3 is 10.6 Å². The van der Waals surface area contributed by atoms with Gasteiger partial charge in [0.25, 0.3) is 0 Å². The highest BCUT2D eigenvalue weighted by Crippen LogP contribution is 2.65. The van der Waals surface area contributed by atoms with Crippen LogP contribution in [0.15, 0.2) is 11.8 Å². The fourth-order valence-corrected chi connectivity index (χ4v) is 7.70. The van der Waals surface area contributed by atoms with Crippen molar-refractivity contribution in [3.05, 3.63) is 11.8 Å². The number of carbonyl (C=O) groups excluding carboxylic acids is 1. The minimum Gasteiger partial charge on any atom is -0.330 e. The summed E-state index contributed by atoms with van der Waals surface area (Å²) < 4.78 is 0. The summed E-state index contributed by atoms with van der Waals surface area (Å²) in [4.78, 5) is 11.9. The van der Waals surface area contributed by atoms with E-state index in [2.05, 4.69) is 37.5 Å². The van der Waals surface area contributed by atoms with Gasteiger partial charge in [-0.2, -0.15) is 0 Å². The molecule has 2 N–H and O–H groups in total. The van der Waals surface area contributed by atoms with Crippen LogP contribution in [0, 0.1) is 34.5 Å². The second-order valence-electron chi connectivity index (χ2n) is 10.6. The molecule has 2 unspecified atom stereocenters. The Bertz CT molecular complexity index is 638. The molecule has 7 atom stereocenters. The first-order chi connectivity index (χ1) is 12.5. The summed E-state index contributed by atoms with van der Waals surface area (Å²) in [5.74, 6) is 3.53.